The van der Waals surface area contributed by atoms with E-state index in [2.05, 4.69) is 0 Å². The largest absolute Gasteiger partial charge is 0.289 e. The van der Waals surface area contributed by atoms with Gasteiger partial charge in [0.2, 0.25) is 0 Å². The lowest BCUT2D eigenvalue weighted by molar-refractivity contribution is 0.564. The highest BCUT2D eigenvalue weighted by Crippen LogP contribution is 2.27. The topological polar surface area (TPSA) is 40.5 Å². The molecule has 0 amide bonds. The number of hydrogen-bond acceptors (Lipinski definition) is 1. The molecule has 0 bridgehead atoms. The van der Waals surface area contributed by atoms with E-state index in [0.29, 0.717) is 11.4 Å². The summed E-state index contributed by atoms with van der Waals surface area (Å²) in [6.45, 7) is 3.94. The van der Waals surface area contributed by atoms with E-state index >= 15 is 0 Å². The SMILES string of the molecule is Cc1ccc(N(c2cccc(C)c2)S(=O)O)cc1. The van der Waals surface area contributed by atoms with Crippen molar-refractivity contribution in [3.63, 3.8) is 0 Å². The molecule has 1 atom stereocenters. The van der Waals surface area contributed by atoms with Crippen molar-refractivity contribution in [2.75, 3.05) is 4.31 Å². The molecule has 0 spiro atoms. The molecule has 3 nitrogen and oxygen atoms in total. The van der Waals surface area contributed by atoms with E-state index in [1.807, 2.05) is 62.4 Å². The summed E-state index contributed by atoms with van der Waals surface area (Å²) in [5.74, 6) is 0. The monoisotopic (exact) mass is 261 g/mol. The van der Waals surface area contributed by atoms with Gasteiger partial charge in [-0.15, -0.1) is 0 Å². The van der Waals surface area contributed by atoms with Crippen LogP contribution in [0.25, 0.3) is 0 Å². The van der Waals surface area contributed by atoms with Gasteiger partial charge in [0.05, 0.1) is 11.4 Å². The summed E-state index contributed by atoms with van der Waals surface area (Å²) in [4.78, 5) is 0. The summed E-state index contributed by atoms with van der Waals surface area (Å²) in [7, 11) is 0. The molecule has 2 aromatic rings. The van der Waals surface area contributed by atoms with Crippen molar-refractivity contribution < 1.29 is 8.76 Å². The fraction of sp³-hybridized carbons (Fsp3) is 0.143. The third kappa shape index (κ3) is 2.78. The first-order valence-corrected chi connectivity index (χ1v) is 6.69. The van der Waals surface area contributed by atoms with Gasteiger partial charge in [0.25, 0.3) is 11.3 Å². The maximum atomic E-state index is 11.5. The van der Waals surface area contributed by atoms with Gasteiger partial charge in [-0.05, 0) is 43.7 Å². The minimum Gasteiger partial charge on any atom is -0.289 e. The number of anilines is 2. The first kappa shape index (κ1) is 12.8. The molecule has 2 rings (SSSR count). The summed E-state index contributed by atoms with van der Waals surface area (Å²) in [5, 5.41) is 0. The molecule has 18 heavy (non-hydrogen) atoms. The van der Waals surface area contributed by atoms with Crippen molar-refractivity contribution in [1.82, 2.24) is 0 Å². The predicted molar refractivity (Wildman–Crippen MR) is 75.3 cm³/mol. The van der Waals surface area contributed by atoms with Gasteiger partial charge in [-0.3, -0.25) is 4.55 Å². The van der Waals surface area contributed by atoms with Gasteiger partial charge >= 0.3 is 0 Å². The van der Waals surface area contributed by atoms with Crippen molar-refractivity contribution in [3.05, 3.63) is 59.7 Å². The Labute approximate surface area is 109 Å². The fourth-order valence-electron chi connectivity index (χ4n) is 1.76. The van der Waals surface area contributed by atoms with Gasteiger partial charge in [0.15, 0.2) is 0 Å². The highest BCUT2D eigenvalue weighted by Gasteiger charge is 2.14. The van der Waals surface area contributed by atoms with Crippen LogP contribution in [0.1, 0.15) is 11.1 Å². The molecule has 0 saturated heterocycles. The molecule has 0 fully saturated rings. The summed E-state index contributed by atoms with van der Waals surface area (Å²) in [6, 6.07) is 15.1. The van der Waals surface area contributed by atoms with E-state index in [0.717, 1.165) is 11.1 Å². The van der Waals surface area contributed by atoms with E-state index in [1.165, 1.54) is 4.31 Å². The predicted octanol–water partition coefficient (Wildman–Crippen LogP) is 3.58. The van der Waals surface area contributed by atoms with Crippen LogP contribution in [0.3, 0.4) is 0 Å². The molecule has 94 valence electrons. The first-order valence-electron chi connectivity index (χ1n) is 5.62. The molecular weight excluding hydrogens is 246 g/mol. The molecule has 0 heterocycles. The Hall–Kier alpha value is -1.65. The number of nitrogens with zero attached hydrogens (tertiary/aromatic N) is 1. The molecule has 1 N–H and O–H groups in total. The van der Waals surface area contributed by atoms with Crippen LogP contribution in [-0.4, -0.2) is 8.76 Å². The van der Waals surface area contributed by atoms with Crippen LogP contribution in [0.15, 0.2) is 48.5 Å². The Kier molecular flexibility index (Phi) is 3.79. The second-order valence-corrected chi connectivity index (χ2v) is 5.03. The van der Waals surface area contributed by atoms with Gasteiger partial charge in [-0.25, -0.2) is 8.51 Å². The number of aryl methyl sites for hydroxylation is 2. The Morgan fingerprint density at radius 2 is 1.61 bits per heavy atom. The van der Waals surface area contributed by atoms with Gasteiger partial charge in [0.1, 0.15) is 0 Å². The average molecular weight is 261 g/mol. The van der Waals surface area contributed by atoms with E-state index in [1.54, 1.807) is 0 Å². The van der Waals surface area contributed by atoms with Gasteiger partial charge in [0, 0.05) is 0 Å². The zero-order valence-corrected chi connectivity index (χ0v) is 11.1. The third-order valence-electron chi connectivity index (χ3n) is 2.66. The molecule has 0 saturated carbocycles. The van der Waals surface area contributed by atoms with E-state index in [4.69, 9.17) is 0 Å². The van der Waals surface area contributed by atoms with Crippen LogP contribution in [0.4, 0.5) is 11.4 Å². The van der Waals surface area contributed by atoms with Crippen molar-refractivity contribution in [2.45, 2.75) is 13.8 Å². The van der Waals surface area contributed by atoms with Crippen LogP contribution in [0, 0.1) is 13.8 Å². The van der Waals surface area contributed by atoms with Crippen LogP contribution in [0.2, 0.25) is 0 Å². The number of rotatable bonds is 3. The maximum Gasteiger partial charge on any atom is 0.266 e. The zero-order valence-electron chi connectivity index (χ0n) is 10.3. The fourth-order valence-corrected chi connectivity index (χ4v) is 2.36. The van der Waals surface area contributed by atoms with Crippen molar-refractivity contribution in [2.24, 2.45) is 0 Å². The summed E-state index contributed by atoms with van der Waals surface area (Å²) in [5.41, 5.74) is 3.58. The molecule has 0 aliphatic heterocycles. The van der Waals surface area contributed by atoms with E-state index in [9.17, 15) is 8.76 Å². The molecule has 2 aromatic carbocycles. The Morgan fingerprint density at radius 1 is 0.944 bits per heavy atom. The van der Waals surface area contributed by atoms with Crippen molar-refractivity contribution in [3.8, 4) is 0 Å². The summed E-state index contributed by atoms with van der Waals surface area (Å²) < 4.78 is 22.4. The summed E-state index contributed by atoms with van der Waals surface area (Å²) in [6.07, 6.45) is 0. The van der Waals surface area contributed by atoms with Crippen LogP contribution in [-0.2, 0) is 11.3 Å². The second kappa shape index (κ2) is 5.33. The number of benzene rings is 2. The second-order valence-electron chi connectivity index (χ2n) is 4.20. The standard InChI is InChI=1S/C14H15NO2S/c1-11-6-8-13(9-7-11)15(18(16)17)14-5-3-4-12(2)10-14/h3-10H,1-2H3,(H,16,17). The minimum absolute atomic E-state index is 0.701. The summed E-state index contributed by atoms with van der Waals surface area (Å²) >= 11 is -2.09. The highest BCUT2D eigenvalue weighted by atomic mass is 32.2. The third-order valence-corrected chi connectivity index (χ3v) is 3.39. The average Bonchev–Trinajstić information content (AvgIpc) is 2.32. The lowest BCUT2D eigenvalue weighted by atomic mass is 10.2. The molecule has 4 heteroatoms. The maximum absolute atomic E-state index is 11.5. The lowest BCUT2D eigenvalue weighted by Crippen LogP contribution is -2.19. The van der Waals surface area contributed by atoms with Crippen molar-refractivity contribution >= 4 is 22.6 Å². The van der Waals surface area contributed by atoms with Gasteiger partial charge in [-0.1, -0.05) is 29.8 Å². The van der Waals surface area contributed by atoms with E-state index < -0.39 is 11.3 Å². The molecule has 0 aliphatic rings. The van der Waals surface area contributed by atoms with Gasteiger partial charge < -0.3 is 0 Å². The smallest absolute Gasteiger partial charge is 0.266 e. The highest BCUT2D eigenvalue weighted by molar-refractivity contribution is 7.81. The Morgan fingerprint density at radius 3 is 2.17 bits per heavy atom. The van der Waals surface area contributed by atoms with Crippen molar-refractivity contribution in [1.29, 1.82) is 0 Å². The molecule has 0 aromatic heterocycles. The molecular formula is C14H15NO2S. The quantitative estimate of drug-likeness (QED) is 0.858. The molecule has 1 unspecified atom stereocenters. The molecule has 0 radical (unpaired) electrons. The van der Waals surface area contributed by atoms with E-state index in [-0.39, 0.29) is 0 Å². The Bertz CT molecular complexity index is 566. The lowest BCUT2D eigenvalue weighted by Gasteiger charge is -2.20. The number of hydrogen-bond donors (Lipinski definition) is 1. The van der Waals surface area contributed by atoms with Crippen LogP contribution >= 0.6 is 0 Å². The normalized spacial score (nSPS) is 12.2. The zero-order chi connectivity index (χ0) is 13.1. The minimum atomic E-state index is -2.09. The van der Waals surface area contributed by atoms with Gasteiger partial charge in [-0.2, -0.15) is 0 Å². The van der Waals surface area contributed by atoms with Crippen LogP contribution in [0.5, 0.6) is 0 Å². The molecule has 0 aliphatic carbocycles. The van der Waals surface area contributed by atoms with Crippen LogP contribution < -0.4 is 4.31 Å². The Balaban J connectivity index is 2.46. The first-order chi connectivity index (χ1) is 8.58.